The summed E-state index contributed by atoms with van der Waals surface area (Å²) >= 11 is 0. The minimum Gasteiger partial charge on any atom is -0.260 e. The van der Waals surface area contributed by atoms with E-state index in [1.165, 1.54) is 27.8 Å². The van der Waals surface area contributed by atoms with E-state index in [2.05, 4.69) is 134 Å². The molecule has 1 aliphatic rings. The van der Waals surface area contributed by atoms with Crippen molar-refractivity contribution in [3.8, 4) is 0 Å². The van der Waals surface area contributed by atoms with Crippen LogP contribution in [0.5, 0.6) is 0 Å². The molecule has 1 aliphatic heterocycles. The highest BCUT2D eigenvalue weighted by Crippen LogP contribution is 2.42. The molecule has 1 nitrogen and oxygen atoms in total. The van der Waals surface area contributed by atoms with Gasteiger partial charge < -0.3 is 0 Å². The van der Waals surface area contributed by atoms with Crippen LogP contribution in [0.4, 0.5) is 0 Å². The van der Waals surface area contributed by atoms with Gasteiger partial charge in [-0.25, -0.2) is 0 Å². The van der Waals surface area contributed by atoms with Crippen molar-refractivity contribution in [3.63, 3.8) is 0 Å². The topological polar surface area (TPSA) is 12.4 Å². The Hall–Kier alpha value is -4.23. The summed E-state index contributed by atoms with van der Waals surface area (Å²) in [7, 11) is 0. The highest BCUT2D eigenvalue weighted by molar-refractivity contribution is 6.13. The number of rotatable bonds is 5. The molecule has 0 aromatic heterocycles. The van der Waals surface area contributed by atoms with Crippen molar-refractivity contribution >= 4 is 22.9 Å². The number of nitrogens with zero attached hydrogens (tertiary/aromatic N) is 1. The molecule has 0 amide bonds. The van der Waals surface area contributed by atoms with Crippen molar-refractivity contribution < 1.29 is 0 Å². The molecule has 0 saturated heterocycles. The van der Waals surface area contributed by atoms with Gasteiger partial charge >= 0.3 is 0 Å². The first kappa shape index (κ1) is 21.6. The van der Waals surface area contributed by atoms with Crippen molar-refractivity contribution in [3.05, 3.63) is 161 Å². The molecule has 0 aliphatic carbocycles. The van der Waals surface area contributed by atoms with E-state index in [1.807, 2.05) is 12.3 Å². The minimum atomic E-state index is 0.0148. The Morgan fingerprint density at radius 3 is 1.74 bits per heavy atom. The van der Waals surface area contributed by atoms with Crippen LogP contribution in [0, 0.1) is 0 Å². The summed E-state index contributed by atoms with van der Waals surface area (Å²) in [6, 6.07) is 42.4. The number of allylic oxidation sites excluding steroid dienone is 4. The third kappa shape index (κ3) is 4.60. The average Bonchev–Trinajstić information content (AvgIpc) is 3.05. The molecule has 0 spiro atoms. The fourth-order valence-corrected chi connectivity index (χ4v) is 4.60. The van der Waals surface area contributed by atoms with Crippen molar-refractivity contribution in [2.24, 2.45) is 4.99 Å². The van der Waals surface area contributed by atoms with Crippen LogP contribution in [0.25, 0.3) is 17.2 Å². The molecule has 0 N–H and O–H groups in total. The van der Waals surface area contributed by atoms with Gasteiger partial charge in [0.15, 0.2) is 0 Å². The van der Waals surface area contributed by atoms with Crippen LogP contribution in [0.3, 0.4) is 0 Å². The van der Waals surface area contributed by atoms with Gasteiger partial charge in [-0.1, -0.05) is 127 Å². The lowest BCUT2D eigenvalue weighted by Gasteiger charge is -2.24. The van der Waals surface area contributed by atoms with E-state index in [0.717, 1.165) is 16.8 Å². The third-order valence-electron chi connectivity index (χ3n) is 6.28. The summed E-state index contributed by atoms with van der Waals surface area (Å²) in [4.78, 5) is 5.11. The van der Waals surface area contributed by atoms with Crippen LogP contribution in [-0.4, -0.2) is 5.71 Å². The Bertz CT molecular complexity index is 1360. The predicted molar refractivity (Wildman–Crippen MR) is 146 cm³/mol. The molecule has 4 aromatic rings. The van der Waals surface area contributed by atoms with Crippen molar-refractivity contribution in [1.82, 2.24) is 0 Å². The fourth-order valence-electron chi connectivity index (χ4n) is 4.60. The Labute approximate surface area is 202 Å². The van der Waals surface area contributed by atoms with E-state index in [4.69, 9.17) is 4.99 Å². The van der Waals surface area contributed by atoms with E-state index in [0.29, 0.717) is 0 Å². The van der Waals surface area contributed by atoms with E-state index in [9.17, 15) is 0 Å². The quantitative estimate of drug-likeness (QED) is 0.297. The smallest absolute Gasteiger partial charge is 0.0523 e. The van der Waals surface area contributed by atoms with Crippen molar-refractivity contribution in [1.29, 1.82) is 0 Å². The SMILES string of the molecule is CC1=C(c2ccccc2)[C@H](c2ccccc2)C(/C=C\c2ccccc2)=NC=C1c1ccccc1. The molecule has 4 aromatic carbocycles. The van der Waals surface area contributed by atoms with Gasteiger partial charge in [-0.2, -0.15) is 0 Å². The lowest BCUT2D eigenvalue weighted by molar-refractivity contribution is 1.15. The average molecular weight is 438 g/mol. The van der Waals surface area contributed by atoms with Crippen LogP contribution in [0.15, 0.2) is 144 Å². The van der Waals surface area contributed by atoms with E-state index in [-0.39, 0.29) is 5.92 Å². The van der Waals surface area contributed by atoms with E-state index < -0.39 is 0 Å². The summed E-state index contributed by atoms with van der Waals surface area (Å²) in [5, 5.41) is 0. The van der Waals surface area contributed by atoms with E-state index in [1.54, 1.807) is 0 Å². The Kier molecular flexibility index (Phi) is 6.45. The molecule has 0 saturated carbocycles. The van der Waals surface area contributed by atoms with Crippen LogP contribution in [0.1, 0.15) is 35.1 Å². The molecule has 1 heterocycles. The lowest BCUT2D eigenvalue weighted by Crippen LogP contribution is -2.13. The van der Waals surface area contributed by atoms with Gasteiger partial charge in [0, 0.05) is 11.8 Å². The lowest BCUT2D eigenvalue weighted by atomic mass is 9.79. The monoisotopic (exact) mass is 437 g/mol. The highest BCUT2D eigenvalue weighted by Gasteiger charge is 2.27. The molecule has 5 rings (SSSR count). The number of benzene rings is 4. The highest BCUT2D eigenvalue weighted by atomic mass is 14.7. The zero-order chi connectivity index (χ0) is 23.2. The first-order valence-corrected chi connectivity index (χ1v) is 11.7. The standard InChI is InChI=1S/C33H27N/c1-25-30(27-16-8-3-9-17-27)24-34-31(23-22-26-14-6-2-7-15-26)33(29-20-12-5-13-21-29)32(25)28-18-10-4-11-19-28/h2-24,33H,1H3/b23-22-/t33-/m1/s1. The zero-order valence-corrected chi connectivity index (χ0v) is 19.3. The summed E-state index contributed by atoms with van der Waals surface area (Å²) in [6.45, 7) is 2.23. The molecule has 0 unspecified atom stereocenters. The first-order chi connectivity index (χ1) is 16.8. The molecule has 0 bridgehead atoms. The molecule has 0 radical (unpaired) electrons. The molecule has 1 atom stereocenters. The molecular weight excluding hydrogens is 410 g/mol. The summed E-state index contributed by atoms with van der Waals surface area (Å²) in [5.41, 5.74) is 9.52. The van der Waals surface area contributed by atoms with Crippen molar-refractivity contribution in [2.45, 2.75) is 12.8 Å². The Balaban J connectivity index is 1.75. The summed E-state index contributed by atoms with van der Waals surface area (Å²) in [6.07, 6.45) is 6.38. The molecule has 34 heavy (non-hydrogen) atoms. The van der Waals surface area contributed by atoms with Crippen LogP contribution in [-0.2, 0) is 0 Å². The van der Waals surface area contributed by atoms with Crippen LogP contribution >= 0.6 is 0 Å². The van der Waals surface area contributed by atoms with Crippen LogP contribution < -0.4 is 0 Å². The summed E-state index contributed by atoms with van der Waals surface area (Å²) < 4.78 is 0. The molecule has 1 heteroatoms. The van der Waals surface area contributed by atoms with Gasteiger partial charge in [0.2, 0.25) is 0 Å². The number of hydrogen-bond acceptors (Lipinski definition) is 1. The Morgan fingerprint density at radius 1 is 0.588 bits per heavy atom. The van der Waals surface area contributed by atoms with Crippen molar-refractivity contribution in [2.75, 3.05) is 0 Å². The zero-order valence-electron chi connectivity index (χ0n) is 19.3. The largest absolute Gasteiger partial charge is 0.260 e. The summed E-state index contributed by atoms with van der Waals surface area (Å²) in [5.74, 6) is 0.0148. The van der Waals surface area contributed by atoms with Gasteiger partial charge in [0.05, 0.1) is 11.6 Å². The van der Waals surface area contributed by atoms with E-state index >= 15 is 0 Å². The maximum absolute atomic E-state index is 5.11. The maximum atomic E-state index is 5.11. The second kappa shape index (κ2) is 10.1. The fraction of sp³-hybridized carbons (Fsp3) is 0.0606. The molecule has 0 fully saturated rings. The molecule has 164 valence electrons. The van der Waals surface area contributed by atoms with Gasteiger partial charge in [-0.05, 0) is 46.4 Å². The first-order valence-electron chi connectivity index (χ1n) is 11.7. The second-order valence-corrected chi connectivity index (χ2v) is 8.46. The normalized spacial score (nSPS) is 16.2. The third-order valence-corrected chi connectivity index (χ3v) is 6.28. The Morgan fingerprint density at radius 2 is 1.12 bits per heavy atom. The van der Waals surface area contributed by atoms with Crippen LogP contribution in [0.2, 0.25) is 0 Å². The molecular formula is C33H27N. The number of hydrogen-bond donors (Lipinski definition) is 0. The maximum Gasteiger partial charge on any atom is 0.0523 e. The van der Waals surface area contributed by atoms with Gasteiger partial charge in [0.1, 0.15) is 0 Å². The predicted octanol–water partition coefficient (Wildman–Crippen LogP) is 8.45. The van der Waals surface area contributed by atoms with Gasteiger partial charge in [-0.3, -0.25) is 4.99 Å². The minimum absolute atomic E-state index is 0.0148. The van der Waals surface area contributed by atoms with Gasteiger partial charge in [0.25, 0.3) is 0 Å². The van der Waals surface area contributed by atoms with Gasteiger partial charge in [-0.15, -0.1) is 0 Å². The second-order valence-electron chi connectivity index (χ2n) is 8.46. The number of aliphatic imine (C=N–C) groups is 1.